The van der Waals surface area contributed by atoms with Crippen molar-refractivity contribution in [2.24, 2.45) is 0 Å². The van der Waals surface area contributed by atoms with E-state index in [0.717, 1.165) is 51.9 Å². The summed E-state index contributed by atoms with van der Waals surface area (Å²) in [6.07, 6.45) is 4.27. The normalized spacial score (nSPS) is 21.1. The summed E-state index contributed by atoms with van der Waals surface area (Å²) in [6.45, 7) is 6.04. The van der Waals surface area contributed by atoms with Gasteiger partial charge in [0.25, 0.3) is 0 Å². The van der Waals surface area contributed by atoms with Crippen molar-refractivity contribution >= 4 is 30.7 Å². The Labute approximate surface area is 157 Å². The Balaban J connectivity index is 0.00000144. The Bertz CT molecular complexity index is 521. The van der Waals surface area contributed by atoms with Gasteiger partial charge in [-0.2, -0.15) is 0 Å². The first-order valence-electron chi connectivity index (χ1n) is 8.60. The van der Waals surface area contributed by atoms with Gasteiger partial charge in [0.15, 0.2) is 0 Å². The van der Waals surface area contributed by atoms with E-state index in [1.807, 2.05) is 0 Å². The third-order valence-electron chi connectivity index (χ3n) is 5.04. The van der Waals surface area contributed by atoms with Gasteiger partial charge in [-0.25, -0.2) is 0 Å². The van der Waals surface area contributed by atoms with E-state index in [-0.39, 0.29) is 36.8 Å². The second kappa shape index (κ2) is 10.2. The Hall–Kier alpha value is -0.810. The maximum atomic E-state index is 12.2. The maximum Gasteiger partial charge on any atom is 0.237 e. The average Bonchev–Trinajstić information content (AvgIpc) is 3.09. The molecule has 2 aliphatic heterocycles. The maximum absolute atomic E-state index is 12.2. The molecular formula is C18H29Cl2N3O. The molecule has 0 spiro atoms. The van der Waals surface area contributed by atoms with Crippen molar-refractivity contribution in [1.29, 1.82) is 0 Å². The van der Waals surface area contributed by atoms with Crippen LogP contribution in [0.25, 0.3) is 0 Å². The third-order valence-corrected chi connectivity index (χ3v) is 5.04. The van der Waals surface area contributed by atoms with Crippen LogP contribution < -0.4 is 10.6 Å². The predicted molar refractivity (Wildman–Crippen MR) is 103 cm³/mol. The number of benzene rings is 1. The second-order valence-electron chi connectivity index (χ2n) is 6.45. The van der Waals surface area contributed by atoms with Gasteiger partial charge in [-0.3, -0.25) is 9.69 Å². The molecule has 0 aromatic heterocycles. The molecule has 2 unspecified atom stereocenters. The van der Waals surface area contributed by atoms with E-state index in [0.29, 0.717) is 6.04 Å². The van der Waals surface area contributed by atoms with Crippen molar-refractivity contribution in [3.05, 3.63) is 35.4 Å². The minimum atomic E-state index is 0. The highest BCUT2D eigenvalue weighted by molar-refractivity contribution is 5.85. The van der Waals surface area contributed by atoms with Gasteiger partial charge in [0.1, 0.15) is 0 Å². The molecule has 1 saturated heterocycles. The lowest BCUT2D eigenvalue weighted by Crippen LogP contribution is -2.48. The topological polar surface area (TPSA) is 44.4 Å². The molecule has 3 rings (SSSR count). The summed E-state index contributed by atoms with van der Waals surface area (Å²) in [7, 11) is 0. The molecule has 136 valence electrons. The molecule has 2 atom stereocenters. The Morgan fingerprint density at radius 3 is 2.75 bits per heavy atom. The number of carbonyl (C=O) groups is 1. The second-order valence-corrected chi connectivity index (χ2v) is 6.45. The van der Waals surface area contributed by atoms with Gasteiger partial charge in [0, 0.05) is 25.7 Å². The summed E-state index contributed by atoms with van der Waals surface area (Å²) in [5.74, 6) is 0.174. The summed E-state index contributed by atoms with van der Waals surface area (Å²) >= 11 is 0. The van der Waals surface area contributed by atoms with Crippen LogP contribution in [0.5, 0.6) is 0 Å². The van der Waals surface area contributed by atoms with Gasteiger partial charge >= 0.3 is 0 Å². The van der Waals surface area contributed by atoms with Gasteiger partial charge in [-0.15, -0.1) is 24.8 Å². The van der Waals surface area contributed by atoms with Crippen molar-refractivity contribution in [3.8, 4) is 0 Å². The van der Waals surface area contributed by atoms with Crippen LogP contribution in [0.1, 0.15) is 37.3 Å². The smallest absolute Gasteiger partial charge is 0.237 e. The van der Waals surface area contributed by atoms with E-state index >= 15 is 0 Å². The van der Waals surface area contributed by atoms with Crippen molar-refractivity contribution in [2.75, 3.05) is 19.6 Å². The summed E-state index contributed by atoms with van der Waals surface area (Å²) in [4.78, 5) is 14.7. The molecule has 0 radical (unpaired) electrons. The molecular weight excluding hydrogens is 345 g/mol. The van der Waals surface area contributed by atoms with E-state index in [1.54, 1.807) is 0 Å². The van der Waals surface area contributed by atoms with Crippen molar-refractivity contribution in [2.45, 2.75) is 51.2 Å². The SMILES string of the molecule is CCC(CNC(=O)C1CCCN1)N1CCc2ccccc2C1.Cl.Cl. The number of halogens is 2. The lowest BCUT2D eigenvalue weighted by molar-refractivity contribution is -0.123. The molecule has 1 fully saturated rings. The zero-order valence-corrected chi connectivity index (χ0v) is 15.9. The number of nitrogens with zero attached hydrogens (tertiary/aromatic N) is 1. The summed E-state index contributed by atoms with van der Waals surface area (Å²) in [5.41, 5.74) is 2.92. The van der Waals surface area contributed by atoms with Gasteiger partial charge in [-0.1, -0.05) is 31.2 Å². The van der Waals surface area contributed by atoms with E-state index in [9.17, 15) is 4.79 Å². The predicted octanol–water partition coefficient (Wildman–Crippen LogP) is 2.54. The van der Waals surface area contributed by atoms with E-state index in [2.05, 4.69) is 46.7 Å². The number of hydrogen-bond acceptors (Lipinski definition) is 3. The van der Waals surface area contributed by atoms with Crippen LogP contribution in [0.15, 0.2) is 24.3 Å². The Kier molecular flexibility index (Phi) is 9.06. The van der Waals surface area contributed by atoms with Crippen LogP contribution >= 0.6 is 24.8 Å². The van der Waals surface area contributed by atoms with Crippen LogP contribution in [-0.2, 0) is 17.8 Å². The monoisotopic (exact) mass is 373 g/mol. The molecule has 1 aromatic rings. The highest BCUT2D eigenvalue weighted by Crippen LogP contribution is 2.21. The molecule has 4 nitrogen and oxygen atoms in total. The van der Waals surface area contributed by atoms with E-state index < -0.39 is 0 Å². The lowest BCUT2D eigenvalue weighted by Gasteiger charge is -2.35. The van der Waals surface area contributed by atoms with Crippen LogP contribution in [0.3, 0.4) is 0 Å². The zero-order valence-electron chi connectivity index (χ0n) is 14.3. The highest BCUT2D eigenvalue weighted by Gasteiger charge is 2.25. The number of nitrogens with one attached hydrogen (secondary N) is 2. The first-order valence-corrected chi connectivity index (χ1v) is 8.60. The fraction of sp³-hybridized carbons (Fsp3) is 0.611. The third kappa shape index (κ3) is 5.09. The Morgan fingerprint density at radius 1 is 1.33 bits per heavy atom. The average molecular weight is 374 g/mol. The van der Waals surface area contributed by atoms with E-state index in [1.165, 1.54) is 11.1 Å². The fourth-order valence-electron chi connectivity index (χ4n) is 3.61. The number of fused-ring (bicyclic) bond motifs is 1. The molecule has 0 aliphatic carbocycles. The summed E-state index contributed by atoms with van der Waals surface area (Å²) in [6, 6.07) is 9.17. The molecule has 2 heterocycles. The highest BCUT2D eigenvalue weighted by atomic mass is 35.5. The van der Waals surface area contributed by atoms with Gasteiger partial charge in [0.2, 0.25) is 5.91 Å². The molecule has 1 aromatic carbocycles. The summed E-state index contributed by atoms with van der Waals surface area (Å²) in [5, 5.41) is 6.42. The largest absolute Gasteiger partial charge is 0.353 e. The first-order chi connectivity index (χ1) is 10.8. The fourth-order valence-corrected chi connectivity index (χ4v) is 3.61. The quantitative estimate of drug-likeness (QED) is 0.833. The molecule has 1 amide bonds. The number of hydrogen-bond donors (Lipinski definition) is 2. The van der Waals surface area contributed by atoms with Crippen LogP contribution in [0.4, 0.5) is 0 Å². The van der Waals surface area contributed by atoms with Crippen LogP contribution in [0, 0.1) is 0 Å². The first kappa shape index (κ1) is 21.2. The van der Waals surface area contributed by atoms with Crippen molar-refractivity contribution in [1.82, 2.24) is 15.5 Å². The molecule has 6 heteroatoms. The standard InChI is InChI=1S/C18H27N3O.2ClH/c1-2-16(12-20-18(22)17-8-5-10-19-17)21-11-9-14-6-3-4-7-15(14)13-21;;/h3-4,6-7,16-17,19H,2,5,8-13H2,1H3,(H,20,22);2*1H. The van der Waals surface area contributed by atoms with E-state index in [4.69, 9.17) is 0 Å². The molecule has 0 saturated carbocycles. The molecule has 0 bridgehead atoms. The van der Waals surface area contributed by atoms with Crippen molar-refractivity contribution < 1.29 is 4.79 Å². The minimum Gasteiger partial charge on any atom is -0.353 e. The van der Waals surface area contributed by atoms with Gasteiger partial charge < -0.3 is 10.6 Å². The number of carbonyl (C=O) groups excluding carboxylic acids is 1. The molecule has 2 N–H and O–H groups in total. The zero-order chi connectivity index (χ0) is 15.4. The van der Waals surface area contributed by atoms with Crippen LogP contribution in [0.2, 0.25) is 0 Å². The minimum absolute atomic E-state index is 0. The van der Waals surface area contributed by atoms with Gasteiger partial charge in [0.05, 0.1) is 6.04 Å². The summed E-state index contributed by atoms with van der Waals surface area (Å²) < 4.78 is 0. The van der Waals surface area contributed by atoms with Crippen molar-refractivity contribution in [3.63, 3.8) is 0 Å². The lowest BCUT2D eigenvalue weighted by atomic mass is 9.98. The molecule has 2 aliphatic rings. The Morgan fingerprint density at radius 2 is 2.08 bits per heavy atom. The van der Waals surface area contributed by atoms with Gasteiger partial charge in [-0.05, 0) is 43.4 Å². The number of amides is 1. The number of rotatable bonds is 5. The van der Waals surface area contributed by atoms with Crippen LogP contribution in [-0.4, -0.2) is 42.5 Å². The molecule has 24 heavy (non-hydrogen) atoms.